The van der Waals surface area contributed by atoms with Gasteiger partial charge in [0.15, 0.2) is 5.82 Å². The second kappa shape index (κ2) is 6.73. The molecule has 0 aliphatic heterocycles. The number of anilines is 3. The summed E-state index contributed by atoms with van der Waals surface area (Å²) in [6, 6.07) is 8.48. The fourth-order valence-corrected chi connectivity index (χ4v) is 1.83. The van der Waals surface area contributed by atoms with Crippen LogP contribution in [0, 0.1) is 0 Å². The molecule has 2 rings (SSSR count). The Bertz CT molecular complexity index is 508. The largest absolute Gasteiger partial charge is 0.372 e. The van der Waals surface area contributed by atoms with E-state index in [4.69, 9.17) is 0 Å². The third-order valence-corrected chi connectivity index (χ3v) is 2.94. The standard InChI is InChI=1S/C15H20N4/c1-3-4-5-12-6-8-13(9-7-12)18-15-11-17-10-14(16-2)19-15/h6-11H,3-5H2,1-2H3,(H2,16,18,19). The summed E-state index contributed by atoms with van der Waals surface area (Å²) in [7, 11) is 1.83. The number of rotatable bonds is 6. The minimum Gasteiger partial charge on any atom is -0.372 e. The summed E-state index contributed by atoms with van der Waals surface area (Å²) in [6.07, 6.45) is 7.02. The van der Waals surface area contributed by atoms with Gasteiger partial charge >= 0.3 is 0 Å². The monoisotopic (exact) mass is 256 g/mol. The minimum atomic E-state index is 0.744. The first kappa shape index (κ1) is 13.3. The van der Waals surface area contributed by atoms with E-state index in [0.717, 1.165) is 23.7 Å². The molecule has 0 radical (unpaired) electrons. The average molecular weight is 256 g/mol. The molecular weight excluding hydrogens is 236 g/mol. The van der Waals surface area contributed by atoms with Crippen LogP contribution in [0.2, 0.25) is 0 Å². The van der Waals surface area contributed by atoms with Crippen LogP contribution in [0.4, 0.5) is 17.3 Å². The molecule has 0 bridgehead atoms. The highest BCUT2D eigenvalue weighted by molar-refractivity contribution is 5.57. The van der Waals surface area contributed by atoms with Gasteiger partial charge in [-0.05, 0) is 30.5 Å². The third-order valence-electron chi connectivity index (χ3n) is 2.94. The molecule has 0 aliphatic rings. The van der Waals surface area contributed by atoms with Gasteiger partial charge in [0.1, 0.15) is 5.82 Å². The highest BCUT2D eigenvalue weighted by atomic mass is 15.1. The maximum atomic E-state index is 4.37. The zero-order valence-electron chi connectivity index (χ0n) is 11.5. The van der Waals surface area contributed by atoms with Crippen molar-refractivity contribution in [2.45, 2.75) is 26.2 Å². The normalized spacial score (nSPS) is 10.2. The molecule has 0 spiro atoms. The molecule has 0 fully saturated rings. The van der Waals surface area contributed by atoms with Crippen LogP contribution in [0.3, 0.4) is 0 Å². The molecule has 1 aromatic carbocycles. The summed E-state index contributed by atoms with van der Waals surface area (Å²) in [4.78, 5) is 8.50. The lowest BCUT2D eigenvalue weighted by Crippen LogP contribution is -1.98. The third kappa shape index (κ3) is 3.95. The van der Waals surface area contributed by atoms with Gasteiger partial charge in [-0.15, -0.1) is 0 Å². The lowest BCUT2D eigenvalue weighted by atomic mass is 10.1. The Balaban J connectivity index is 2.02. The zero-order chi connectivity index (χ0) is 13.5. The molecule has 19 heavy (non-hydrogen) atoms. The highest BCUT2D eigenvalue weighted by Crippen LogP contribution is 2.16. The van der Waals surface area contributed by atoms with Crippen LogP contribution in [0.25, 0.3) is 0 Å². The van der Waals surface area contributed by atoms with Crippen molar-refractivity contribution in [2.24, 2.45) is 0 Å². The lowest BCUT2D eigenvalue weighted by Gasteiger charge is -2.07. The number of aromatic nitrogens is 2. The van der Waals surface area contributed by atoms with Gasteiger partial charge in [0.25, 0.3) is 0 Å². The highest BCUT2D eigenvalue weighted by Gasteiger charge is 1.99. The van der Waals surface area contributed by atoms with Crippen LogP contribution in [0.5, 0.6) is 0 Å². The summed E-state index contributed by atoms with van der Waals surface area (Å²) < 4.78 is 0. The number of unbranched alkanes of at least 4 members (excludes halogenated alkanes) is 1. The van der Waals surface area contributed by atoms with Crippen LogP contribution < -0.4 is 10.6 Å². The summed E-state index contributed by atoms with van der Waals surface area (Å²) in [5.74, 6) is 1.50. The maximum Gasteiger partial charge on any atom is 0.151 e. The molecule has 0 unspecified atom stereocenters. The van der Waals surface area contributed by atoms with E-state index < -0.39 is 0 Å². The number of hydrogen-bond donors (Lipinski definition) is 2. The predicted molar refractivity (Wildman–Crippen MR) is 79.9 cm³/mol. The molecule has 0 atom stereocenters. The van der Waals surface area contributed by atoms with Gasteiger partial charge in [0.2, 0.25) is 0 Å². The van der Waals surface area contributed by atoms with Crippen molar-refractivity contribution in [3.63, 3.8) is 0 Å². The van der Waals surface area contributed by atoms with Gasteiger partial charge in [0, 0.05) is 12.7 Å². The number of nitrogens with one attached hydrogen (secondary N) is 2. The second-order valence-corrected chi connectivity index (χ2v) is 4.47. The molecule has 4 nitrogen and oxygen atoms in total. The smallest absolute Gasteiger partial charge is 0.151 e. The molecule has 4 heteroatoms. The molecule has 0 saturated carbocycles. The summed E-state index contributed by atoms with van der Waals surface area (Å²) in [5, 5.41) is 6.22. The molecule has 100 valence electrons. The van der Waals surface area contributed by atoms with Crippen molar-refractivity contribution in [2.75, 3.05) is 17.7 Å². The van der Waals surface area contributed by atoms with E-state index in [0.29, 0.717) is 0 Å². The van der Waals surface area contributed by atoms with Crippen molar-refractivity contribution >= 4 is 17.3 Å². The Labute approximate surface area is 114 Å². The second-order valence-electron chi connectivity index (χ2n) is 4.47. The van der Waals surface area contributed by atoms with Crippen LogP contribution in [0.15, 0.2) is 36.7 Å². The first-order valence-corrected chi connectivity index (χ1v) is 6.67. The quantitative estimate of drug-likeness (QED) is 0.829. The lowest BCUT2D eigenvalue weighted by molar-refractivity contribution is 0.795. The van der Waals surface area contributed by atoms with Crippen LogP contribution in [-0.2, 0) is 6.42 Å². The number of aryl methyl sites for hydroxylation is 1. The molecule has 2 N–H and O–H groups in total. The van der Waals surface area contributed by atoms with E-state index in [1.54, 1.807) is 12.4 Å². The van der Waals surface area contributed by atoms with Crippen molar-refractivity contribution in [3.05, 3.63) is 42.2 Å². The SMILES string of the molecule is CCCCc1ccc(Nc2cncc(NC)n2)cc1. The van der Waals surface area contributed by atoms with Gasteiger partial charge in [-0.2, -0.15) is 0 Å². The van der Waals surface area contributed by atoms with Crippen molar-refractivity contribution in [1.82, 2.24) is 9.97 Å². The Morgan fingerprint density at radius 3 is 2.47 bits per heavy atom. The van der Waals surface area contributed by atoms with E-state index in [-0.39, 0.29) is 0 Å². The minimum absolute atomic E-state index is 0.744. The van der Waals surface area contributed by atoms with Gasteiger partial charge in [-0.25, -0.2) is 4.98 Å². The Morgan fingerprint density at radius 1 is 1.05 bits per heavy atom. The van der Waals surface area contributed by atoms with Crippen molar-refractivity contribution < 1.29 is 0 Å². The summed E-state index contributed by atoms with van der Waals surface area (Å²) >= 11 is 0. The molecule has 1 heterocycles. The average Bonchev–Trinajstić information content (AvgIpc) is 2.47. The van der Waals surface area contributed by atoms with Crippen LogP contribution in [0.1, 0.15) is 25.3 Å². The van der Waals surface area contributed by atoms with Crippen molar-refractivity contribution in [1.29, 1.82) is 0 Å². The molecule has 0 saturated heterocycles. The molecular formula is C15H20N4. The topological polar surface area (TPSA) is 49.8 Å². The van der Waals surface area contributed by atoms with E-state index in [2.05, 4.69) is 51.8 Å². The van der Waals surface area contributed by atoms with E-state index in [9.17, 15) is 0 Å². The Hall–Kier alpha value is -2.10. The number of benzene rings is 1. The Kier molecular flexibility index (Phi) is 4.72. The predicted octanol–water partition coefficient (Wildman–Crippen LogP) is 3.60. The number of hydrogen-bond acceptors (Lipinski definition) is 4. The molecule has 0 amide bonds. The fraction of sp³-hybridized carbons (Fsp3) is 0.333. The van der Waals surface area contributed by atoms with Crippen LogP contribution >= 0.6 is 0 Å². The molecule has 0 aliphatic carbocycles. The fourth-order valence-electron chi connectivity index (χ4n) is 1.83. The zero-order valence-corrected chi connectivity index (χ0v) is 11.5. The maximum absolute atomic E-state index is 4.37. The van der Waals surface area contributed by atoms with E-state index >= 15 is 0 Å². The van der Waals surface area contributed by atoms with Crippen LogP contribution in [-0.4, -0.2) is 17.0 Å². The first-order chi connectivity index (χ1) is 9.31. The summed E-state index contributed by atoms with van der Waals surface area (Å²) in [6.45, 7) is 2.21. The van der Waals surface area contributed by atoms with Gasteiger partial charge < -0.3 is 10.6 Å². The summed E-state index contributed by atoms with van der Waals surface area (Å²) in [5.41, 5.74) is 2.41. The van der Waals surface area contributed by atoms with E-state index in [1.165, 1.54) is 18.4 Å². The first-order valence-electron chi connectivity index (χ1n) is 6.67. The molecule has 2 aromatic rings. The van der Waals surface area contributed by atoms with Gasteiger partial charge in [0.05, 0.1) is 12.4 Å². The van der Waals surface area contributed by atoms with E-state index in [1.807, 2.05) is 7.05 Å². The van der Waals surface area contributed by atoms with Gasteiger partial charge in [-0.3, -0.25) is 4.98 Å². The van der Waals surface area contributed by atoms with Crippen molar-refractivity contribution in [3.8, 4) is 0 Å². The number of nitrogens with zero attached hydrogens (tertiary/aromatic N) is 2. The van der Waals surface area contributed by atoms with Gasteiger partial charge in [-0.1, -0.05) is 25.5 Å². The molecule has 1 aromatic heterocycles. The Morgan fingerprint density at radius 2 is 1.79 bits per heavy atom.